The van der Waals surface area contributed by atoms with E-state index in [1.807, 2.05) is 73.7 Å². The second-order valence-corrected chi connectivity index (χ2v) is 9.67. The topological polar surface area (TPSA) is 92.5 Å². The van der Waals surface area contributed by atoms with Crippen LogP contribution in [0.4, 0.5) is 0 Å². The van der Waals surface area contributed by atoms with Crippen LogP contribution in [0.25, 0.3) is 21.7 Å². The van der Waals surface area contributed by atoms with Crippen molar-refractivity contribution in [1.82, 2.24) is 14.5 Å². The number of thioether (sulfide) groups is 1. The van der Waals surface area contributed by atoms with Crippen LogP contribution in [0.15, 0.2) is 76.7 Å². The third kappa shape index (κ3) is 4.30. The average Bonchev–Trinajstić information content (AvgIpc) is 3.37. The van der Waals surface area contributed by atoms with Gasteiger partial charge in [-0.15, -0.1) is 0 Å². The van der Waals surface area contributed by atoms with Crippen molar-refractivity contribution in [3.05, 3.63) is 82.6 Å². The van der Waals surface area contributed by atoms with Gasteiger partial charge >= 0.3 is 5.97 Å². The summed E-state index contributed by atoms with van der Waals surface area (Å²) in [5.74, 6) is -1.27. The lowest BCUT2D eigenvalue weighted by Gasteiger charge is -2.27. The molecule has 0 bridgehead atoms. The van der Waals surface area contributed by atoms with Crippen molar-refractivity contribution in [1.29, 1.82) is 0 Å². The van der Waals surface area contributed by atoms with Crippen LogP contribution < -0.4 is 5.56 Å². The number of carbonyl (C=O) groups is 2. The van der Waals surface area contributed by atoms with Gasteiger partial charge in [-0.05, 0) is 48.2 Å². The summed E-state index contributed by atoms with van der Waals surface area (Å²) >= 11 is 1.20. The van der Waals surface area contributed by atoms with Crippen LogP contribution in [-0.4, -0.2) is 44.0 Å². The number of hydrogen-bond donors (Lipinski definition) is 1. The monoisotopic (exact) mass is 487 g/mol. The van der Waals surface area contributed by atoms with Crippen molar-refractivity contribution in [2.24, 2.45) is 0 Å². The first kappa shape index (κ1) is 23.1. The van der Waals surface area contributed by atoms with Crippen LogP contribution >= 0.6 is 11.8 Å². The minimum atomic E-state index is -0.992. The predicted molar refractivity (Wildman–Crippen MR) is 137 cm³/mol. The van der Waals surface area contributed by atoms with Crippen LogP contribution in [0.1, 0.15) is 30.6 Å². The highest BCUT2D eigenvalue weighted by Crippen LogP contribution is 2.38. The Kier molecular flexibility index (Phi) is 6.30. The Morgan fingerprint density at radius 2 is 1.77 bits per heavy atom. The lowest BCUT2D eigenvalue weighted by atomic mass is 10.1. The Labute approximate surface area is 206 Å². The van der Waals surface area contributed by atoms with Crippen LogP contribution in [0, 0.1) is 0 Å². The molecule has 1 saturated heterocycles. The summed E-state index contributed by atoms with van der Waals surface area (Å²) < 4.78 is 1.59. The summed E-state index contributed by atoms with van der Waals surface area (Å²) in [5.41, 5.74) is 1.16. The van der Waals surface area contributed by atoms with Gasteiger partial charge in [-0.3, -0.25) is 14.2 Å². The molecule has 7 nitrogen and oxygen atoms in total. The third-order valence-electron chi connectivity index (χ3n) is 6.47. The van der Waals surface area contributed by atoms with Crippen molar-refractivity contribution < 1.29 is 14.7 Å². The lowest BCUT2D eigenvalue weighted by molar-refractivity contribution is -0.148. The van der Waals surface area contributed by atoms with E-state index in [1.54, 1.807) is 4.57 Å². The highest BCUT2D eigenvalue weighted by molar-refractivity contribution is 8.00. The van der Waals surface area contributed by atoms with E-state index >= 15 is 0 Å². The molecule has 0 saturated carbocycles. The molecule has 8 heteroatoms. The number of rotatable bonds is 6. The Morgan fingerprint density at radius 3 is 2.46 bits per heavy atom. The Bertz CT molecular complexity index is 1480. The number of nitrogens with zero attached hydrogens (tertiary/aromatic N) is 3. The van der Waals surface area contributed by atoms with E-state index in [0.29, 0.717) is 42.0 Å². The number of carbonyl (C=O) groups excluding carboxylic acids is 1. The van der Waals surface area contributed by atoms with Gasteiger partial charge in [0.2, 0.25) is 5.91 Å². The Balaban J connectivity index is 1.62. The molecule has 0 aliphatic carbocycles. The van der Waals surface area contributed by atoms with Gasteiger partial charge in [0.25, 0.3) is 5.56 Å². The molecular weight excluding hydrogens is 462 g/mol. The Morgan fingerprint density at radius 1 is 1.09 bits per heavy atom. The largest absolute Gasteiger partial charge is 0.480 e. The van der Waals surface area contributed by atoms with E-state index in [-0.39, 0.29) is 11.5 Å². The molecule has 1 fully saturated rings. The van der Waals surface area contributed by atoms with E-state index in [1.165, 1.54) is 16.7 Å². The SMILES string of the molecule is CCn1c(S[C@@H](C(=O)N2CCC[C@@H]2C(=O)O)c2ccccc2)nc2cc3ccccc3cc2c1=O. The molecule has 1 aromatic heterocycles. The van der Waals surface area contributed by atoms with Gasteiger partial charge in [-0.1, -0.05) is 66.4 Å². The molecule has 2 atom stereocenters. The fraction of sp³-hybridized carbons (Fsp3) is 0.259. The second-order valence-electron chi connectivity index (χ2n) is 8.60. The van der Waals surface area contributed by atoms with Crippen LogP contribution in [0.2, 0.25) is 0 Å². The van der Waals surface area contributed by atoms with Crippen molar-refractivity contribution in [3.63, 3.8) is 0 Å². The smallest absolute Gasteiger partial charge is 0.326 e. The molecule has 0 spiro atoms. The molecule has 178 valence electrons. The van der Waals surface area contributed by atoms with E-state index in [9.17, 15) is 19.5 Å². The fourth-order valence-electron chi connectivity index (χ4n) is 4.69. The summed E-state index contributed by atoms with van der Waals surface area (Å²) in [5, 5.41) is 11.8. The summed E-state index contributed by atoms with van der Waals surface area (Å²) in [6.45, 7) is 2.67. The molecule has 0 unspecified atom stereocenters. The van der Waals surface area contributed by atoms with Gasteiger partial charge in [0.05, 0.1) is 10.9 Å². The van der Waals surface area contributed by atoms with Gasteiger partial charge in [0.15, 0.2) is 5.16 Å². The number of amides is 1. The number of carboxylic acids is 1. The van der Waals surface area contributed by atoms with Crippen molar-refractivity contribution >= 4 is 45.3 Å². The number of aliphatic carboxylic acids is 1. The number of aromatic nitrogens is 2. The number of carboxylic acid groups (broad SMARTS) is 1. The zero-order valence-corrected chi connectivity index (χ0v) is 20.1. The molecule has 35 heavy (non-hydrogen) atoms. The number of hydrogen-bond acceptors (Lipinski definition) is 5. The maximum atomic E-state index is 13.7. The number of benzene rings is 3. The van der Waals surface area contributed by atoms with Crippen molar-refractivity contribution in [3.8, 4) is 0 Å². The standard InChI is InChI=1S/C27H25N3O4S/c1-2-29-24(31)20-15-18-11-6-7-12-19(18)16-21(20)28-27(29)35-23(17-9-4-3-5-10-17)25(32)30-14-8-13-22(30)26(33)34/h3-7,9-12,15-16,22-23H,2,8,13-14H2,1H3,(H,33,34)/t22-,23-/m1/s1. The minimum Gasteiger partial charge on any atom is -0.480 e. The average molecular weight is 488 g/mol. The van der Waals surface area contributed by atoms with E-state index in [4.69, 9.17) is 4.98 Å². The first-order valence-corrected chi connectivity index (χ1v) is 12.5. The summed E-state index contributed by atoms with van der Waals surface area (Å²) in [6.07, 6.45) is 1.09. The molecule has 1 aliphatic heterocycles. The molecule has 1 aliphatic rings. The normalized spacial score (nSPS) is 16.6. The summed E-state index contributed by atoms with van der Waals surface area (Å²) in [6, 6.07) is 20.0. The second kappa shape index (κ2) is 9.54. The van der Waals surface area contributed by atoms with E-state index in [0.717, 1.165) is 16.3 Å². The first-order chi connectivity index (χ1) is 17.0. The van der Waals surface area contributed by atoms with E-state index < -0.39 is 17.3 Å². The zero-order chi connectivity index (χ0) is 24.5. The molecule has 3 aromatic carbocycles. The van der Waals surface area contributed by atoms with Crippen LogP contribution in [-0.2, 0) is 16.1 Å². The first-order valence-electron chi connectivity index (χ1n) is 11.7. The maximum Gasteiger partial charge on any atom is 0.326 e. The van der Waals surface area contributed by atoms with Crippen molar-refractivity contribution in [2.45, 2.75) is 42.8 Å². The quantitative estimate of drug-likeness (QED) is 0.245. The molecule has 1 N–H and O–H groups in total. The maximum absolute atomic E-state index is 13.7. The summed E-state index contributed by atoms with van der Waals surface area (Å²) in [7, 11) is 0. The van der Waals surface area contributed by atoms with E-state index in [2.05, 4.69) is 0 Å². The minimum absolute atomic E-state index is 0.158. The molecule has 5 rings (SSSR count). The molecule has 0 radical (unpaired) electrons. The molecule has 1 amide bonds. The van der Waals surface area contributed by atoms with Gasteiger partial charge in [0, 0.05) is 13.1 Å². The Hall–Kier alpha value is -3.65. The van der Waals surface area contributed by atoms with Gasteiger partial charge < -0.3 is 10.0 Å². The molecular formula is C27H25N3O4S. The van der Waals surface area contributed by atoms with Crippen molar-refractivity contribution in [2.75, 3.05) is 6.54 Å². The molecule has 4 aromatic rings. The highest BCUT2D eigenvalue weighted by atomic mass is 32.2. The van der Waals surface area contributed by atoms with Crippen LogP contribution in [0.3, 0.4) is 0 Å². The van der Waals surface area contributed by atoms with Gasteiger partial charge in [0.1, 0.15) is 11.3 Å². The number of likely N-dealkylation sites (tertiary alicyclic amines) is 1. The summed E-state index contributed by atoms with van der Waals surface area (Å²) in [4.78, 5) is 45.2. The zero-order valence-electron chi connectivity index (χ0n) is 19.3. The number of fused-ring (bicyclic) bond motifs is 2. The highest BCUT2D eigenvalue weighted by Gasteiger charge is 2.38. The predicted octanol–water partition coefficient (Wildman–Crippen LogP) is 4.48. The lowest BCUT2D eigenvalue weighted by Crippen LogP contribution is -2.42. The fourth-order valence-corrected chi connectivity index (χ4v) is 5.92. The third-order valence-corrected chi connectivity index (χ3v) is 7.71. The van der Waals surface area contributed by atoms with Gasteiger partial charge in [-0.25, -0.2) is 9.78 Å². The van der Waals surface area contributed by atoms with Gasteiger partial charge in [-0.2, -0.15) is 0 Å². The van der Waals surface area contributed by atoms with Crippen LogP contribution in [0.5, 0.6) is 0 Å². The molecule has 2 heterocycles.